The summed E-state index contributed by atoms with van der Waals surface area (Å²) >= 11 is -0.816. The van der Waals surface area contributed by atoms with E-state index in [9.17, 15) is 4.79 Å². The predicted octanol–water partition coefficient (Wildman–Crippen LogP) is -1.38. The second-order valence-electron chi connectivity index (χ2n) is 1.64. The number of carbonyl (C=O) groups is 1. The molecular weight excluding hydrogens is 243 g/mol. The minimum atomic E-state index is -0.816. The third-order valence-corrected chi connectivity index (χ3v) is 2.73. The molecule has 0 aliphatic rings. The molecule has 54 valence electrons. The van der Waals surface area contributed by atoms with Crippen molar-refractivity contribution in [2.45, 2.75) is 0 Å². The van der Waals surface area contributed by atoms with E-state index in [0.717, 1.165) is 3.57 Å². The van der Waals surface area contributed by atoms with E-state index in [-0.39, 0.29) is 0 Å². The van der Waals surface area contributed by atoms with Crippen molar-refractivity contribution in [2.75, 3.05) is 0 Å². The van der Waals surface area contributed by atoms with Crippen molar-refractivity contribution in [3.05, 3.63) is 33.9 Å². The molecule has 0 radical (unpaired) electrons. The van der Waals surface area contributed by atoms with Crippen molar-refractivity contribution in [3.8, 4) is 0 Å². The van der Waals surface area contributed by atoms with Crippen LogP contribution in [0, 0.1) is 3.57 Å². The van der Waals surface area contributed by atoms with Crippen molar-refractivity contribution in [3.63, 3.8) is 0 Å². The molecular formula is C7H6IO2-. The van der Waals surface area contributed by atoms with Crippen LogP contribution in [0.15, 0.2) is 30.3 Å². The van der Waals surface area contributed by atoms with Crippen LogP contribution < -0.4 is 21.2 Å². The van der Waals surface area contributed by atoms with Gasteiger partial charge >= 0.3 is 69.0 Å². The zero-order valence-corrected chi connectivity index (χ0v) is 7.28. The molecule has 1 N–H and O–H groups in total. The third-order valence-electron chi connectivity index (χ3n) is 0.923. The zero-order valence-electron chi connectivity index (χ0n) is 5.12. The van der Waals surface area contributed by atoms with Crippen molar-refractivity contribution >= 4 is 3.98 Å². The topological polar surface area (TPSA) is 37.3 Å². The van der Waals surface area contributed by atoms with Gasteiger partial charge in [-0.15, -0.1) is 0 Å². The van der Waals surface area contributed by atoms with Crippen molar-refractivity contribution in [1.82, 2.24) is 0 Å². The summed E-state index contributed by atoms with van der Waals surface area (Å²) in [6, 6.07) is 9.30. The van der Waals surface area contributed by atoms with Crippen LogP contribution in [-0.4, -0.2) is 9.08 Å². The van der Waals surface area contributed by atoms with Crippen LogP contribution in [0.1, 0.15) is 0 Å². The van der Waals surface area contributed by atoms with Gasteiger partial charge in [0.15, 0.2) is 0 Å². The van der Waals surface area contributed by atoms with Crippen molar-refractivity contribution in [1.29, 1.82) is 0 Å². The molecule has 10 heavy (non-hydrogen) atoms. The molecule has 0 aliphatic carbocycles. The summed E-state index contributed by atoms with van der Waals surface area (Å²) in [6.45, 7) is 0. The van der Waals surface area contributed by atoms with Gasteiger partial charge in [-0.2, -0.15) is 0 Å². The van der Waals surface area contributed by atoms with E-state index >= 15 is 0 Å². The van der Waals surface area contributed by atoms with Gasteiger partial charge in [0.25, 0.3) is 0 Å². The number of hydrogen-bond acceptors (Lipinski definition) is 1. The first kappa shape index (κ1) is 7.53. The Hall–Kier alpha value is -0.580. The fourth-order valence-corrected chi connectivity index (χ4v) is 1.88. The fourth-order valence-electron chi connectivity index (χ4n) is 0.571. The molecule has 1 aromatic rings. The Bertz CT molecular complexity index is 220. The van der Waals surface area contributed by atoms with E-state index < -0.39 is 25.2 Å². The number of benzene rings is 1. The Morgan fingerprint density at radius 3 is 2.40 bits per heavy atom. The van der Waals surface area contributed by atoms with Crippen LogP contribution in [0.25, 0.3) is 0 Å². The monoisotopic (exact) mass is 249 g/mol. The Morgan fingerprint density at radius 2 is 1.90 bits per heavy atom. The molecule has 0 aromatic heterocycles. The molecule has 1 aromatic carbocycles. The van der Waals surface area contributed by atoms with E-state index in [1.54, 1.807) is 0 Å². The Morgan fingerprint density at radius 1 is 1.30 bits per heavy atom. The summed E-state index contributed by atoms with van der Waals surface area (Å²) < 4.78 is 0.277. The maximum absolute atomic E-state index is 10.2. The van der Waals surface area contributed by atoms with Gasteiger partial charge in [-0.3, -0.25) is 0 Å². The van der Waals surface area contributed by atoms with Crippen LogP contribution in [0.4, 0.5) is 4.79 Å². The second-order valence-corrected chi connectivity index (χ2v) is 4.35. The van der Waals surface area contributed by atoms with Gasteiger partial charge in [-0.25, -0.2) is 0 Å². The molecule has 0 unspecified atom stereocenters. The summed E-state index contributed by atoms with van der Waals surface area (Å²) in [4.78, 5) is 10.2. The maximum atomic E-state index is 10.2. The Labute approximate surface area is 69.1 Å². The molecule has 0 aliphatic heterocycles. The number of hydrogen-bond donors (Lipinski definition) is 1. The van der Waals surface area contributed by atoms with Gasteiger partial charge in [0.05, 0.1) is 0 Å². The van der Waals surface area contributed by atoms with Gasteiger partial charge in [-0.1, -0.05) is 0 Å². The van der Waals surface area contributed by atoms with Gasteiger partial charge in [-0.05, 0) is 0 Å². The second kappa shape index (κ2) is 3.55. The molecule has 0 saturated carbocycles. The number of carboxylic acid groups (broad SMARTS) is 1. The summed E-state index contributed by atoms with van der Waals surface area (Å²) in [7, 11) is 0. The SMILES string of the molecule is O=C(O)[I-]c1ccccc1. The van der Waals surface area contributed by atoms with Gasteiger partial charge in [0.1, 0.15) is 0 Å². The van der Waals surface area contributed by atoms with E-state index in [2.05, 4.69) is 0 Å². The first-order valence-corrected chi connectivity index (χ1v) is 4.87. The summed E-state index contributed by atoms with van der Waals surface area (Å²) in [5, 5.41) is 8.42. The molecule has 1 rings (SSSR count). The predicted molar refractivity (Wildman–Crippen MR) is 33.2 cm³/mol. The van der Waals surface area contributed by atoms with Crippen LogP contribution in [0.3, 0.4) is 0 Å². The van der Waals surface area contributed by atoms with E-state index in [1.165, 1.54) is 0 Å². The minimum absolute atomic E-state index is 0.676. The molecule has 0 heterocycles. The molecule has 0 atom stereocenters. The van der Waals surface area contributed by atoms with Gasteiger partial charge in [0.2, 0.25) is 0 Å². The van der Waals surface area contributed by atoms with Crippen LogP contribution >= 0.6 is 0 Å². The normalized spacial score (nSPS) is 9.60. The van der Waals surface area contributed by atoms with Crippen molar-refractivity contribution in [2.24, 2.45) is 0 Å². The standard InChI is InChI=1S/C7H6IO2/c9-7(10)8-6-4-2-1-3-5-6/h1-5H,(H,9,10)/q-1. The Balaban J connectivity index is 2.67. The molecule has 0 bridgehead atoms. The van der Waals surface area contributed by atoms with Crippen LogP contribution in [-0.2, 0) is 0 Å². The Kier molecular flexibility index (Phi) is 2.68. The summed E-state index contributed by atoms with van der Waals surface area (Å²) in [6.07, 6.45) is 0. The molecule has 3 heteroatoms. The zero-order chi connectivity index (χ0) is 7.40. The quantitative estimate of drug-likeness (QED) is 0.518. The molecule has 2 nitrogen and oxygen atoms in total. The van der Waals surface area contributed by atoms with Crippen molar-refractivity contribution < 1.29 is 31.1 Å². The number of halogens is 1. The first-order valence-electron chi connectivity index (χ1n) is 2.72. The molecule has 0 amide bonds. The summed E-state index contributed by atoms with van der Waals surface area (Å²) in [5.41, 5.74) is 0. The molecule has 0 spiro atoms. The van der Waals surface area contributed by atoms with E-state index in [0.29, 0.717) is 0 Å². The van der Waals surface area contributed by atoms with Crippen LogP contribution in [0.2, 0.25) is 0 Å². The average molecular weight is 249 g/mol. The van der Waals surface area contributed by atoms with Crippen LogP contribution in [0.5, 0.6) is 0 Å². The van der Waals surface area contributed by atoms with E-state index in [1.807, 2.05) is 30.3 Å². The van der Waals surface area contributed by atoms with Gasteiger partial charge in [0, 0.05) is 0 Å². The third kappa shape index (κ3) is 2.34. The fraction of sp³-hybridized carbons (Fsp3) is 0. The van der Waals surface area contributed by atoms with E-state index in [4.69, 9.17) is 5.11 Å². The molecule has 0 fully saturated rings. The average Bonchev–Trinajstić information content (AvgIpc) is 1.88. The first-order chi connectivity index (χ1) is 4.79. The van der Waals surface area contributed by atoms with Gasteiger partial charge < -0.3 is 0 Å². The summed E-state index contributed by atoms with van der Waals surface area (Å²) in [5.74, 6) is 0. The number of rotatable bonds is 2. The molecule has 0 saturated heterocycles.